The van der Waals surface area contributed by atoms with E-state index in [1.807, 2.05) is 30.3 Å². The first-order valence-electron chi connectivity index (χ1n) is 7.59. The van der Waals surface area contributed by atoms with Crippen molar-refractivity contribution in [3.05, 3.63) is 46.6 Å². The lowest BCUT2D eigenvalue weighted by molar-refractivity contribution is -0.384. The fraction of sp³-hybridized carbons (Fsp3) is 0.333. The Bertz CT molecular complexity index is 752. The van der Waals surface area contributed by atoms with E-state index >= 15 is 0 Å². The van der Waals surface area contributed by atoms with E-state index in [0.717, 1.165) is 17.7 Å². The van der Waals surface area contributed by atoms with Gasteiger partial charge in [-0.1, -0.05) is 18.2 Å². The molecular weight excluding hydrogens is 330 g/mol. The van der Waals surface area contributed by atoms with Crippen molar-refractivity contribution in [2.75, 3.05) is 22.9 Å². The molecule has 1 aromatic carbocycles. The SMILES string of the molecule is O=[N+]([O-])c1cnc(NCC[S@](=O)c2ccccc2)nc1NC1CC1. The summed E-state index contributed by atoms with van der Waals surface area (Å²) in [7, 11) is -1.12. The predicted octanol–water partition coefficient (Wildman–Crippen LogP) is 2.18. The molecule has 1 saturated carbocycles. The Morgan fingerprint density at radius 3 is 2.71 bits per heavy atom. The first kappa shape index (κ1) is 16.3. The molecule has 1 atom stereocenters. The van der Waals surface area contributed by atoms with Crippen molar-refractivity contribution in [2.45, 2.75) is 23.8 Å². The van der Waals surface area contributed by atoms with Gasteiger partial charge in [0.1, 0.15) is 6.20 Å². The molecule has 0 bridgehead atoms. The van der Waals surface area contributed by atoms with Crippen molar-refractivity contribution in [1.29, 1.82) is 0 Å². The van der Waals surface area contributed by atoms with Crippen molar-refractivity contribution < 1.29 is 9.13 Å². The molecule has 1 aromatic heterocycles. The van der Waals surface area contributed by atoms with Gasteiger partial charge in [-0.3, -0.25) is 14.3 Å². The zero-order valence-corrected chi connectivity index (χ0v) is 13.7. The van der Waals surface area contributed by atoms with Crippen LogP contribution < -0.4 is 10.6 Å². The molecular formula is C15H17N5O3S. The smallest absolute Gasteiger partial charge is 0.329 e. The number of hydrogen-bond acceptors (Lipinski definition) is 7. The Labute approximate surface area is 141 Å². The number of anilines is 2. The van der Waals surface area contributed by atoms with Crippen molar-refractivity contribution in [3.63, 3.8) is 0 Å². The Morgan fingerprint density at radius 2 is 2.04 bits per heavy atom. The highest BCUT2D eigenvalue weighted by atomic mass is 32.2. The van der Waals surface area contributed by atoms with Gasteiger partial charge in [0, 0.05) is 23.2 Å². The molecule has 24 heavy (non-hydrogen) atoms. The van der Waals surface area contributed by atoms with Gasteiger partial charge in [-0.25, -0.2) is 4.98 Å². The zero-order chi connectivity index (χ0) is 16.9. The minimum Gasteiger partial charge on any atom is -0.361 e. The van der Waals surface area contributed by atoms with Gasteiger partial charge in [-0.15, -0.1) is 0 Å². The Morgan fingerprint density at radius 1 is 1.29 bits per heavy atom. The maximum Gasteiger partial charge on any atom is 0.329 e. The van der Waals surface area contributed by atoms with Crippen molar-refractivity contribution in [1.82, 2.24) is 9.97 Å². The average molecular weight is 347 g/mol. The van der Waals surface area contributed by atoms with Gasteiger partial charge >= 0.3 is 5.69 Å². The molecule has 0 unspecified atom stereocenters. The number of aromatic nitrogens is 2. The summed E-state index contributed by atoms with van der Waals surface area (Å²) in [6.07, 6.45) is 3.16. The highest BCUT2D eigenvalue weighted by molar-refractivity contribution is 7.85. The third-order valence-electron chi connectivity index (χ3n) is 3.46. The van der Waals surface area contributed by atoms with Crippen molar-refractivity contribution >= 4 is 28.3 Å². The van der Waals surface area contributed by atoms with Crippen LogP contribution in [0.4, 0.5) is 17.5 Å². The number of nitro groups is 1. The lowest BCUT2D eigenvalue weighted by atomic mass is 10.4. The first-order chi connectivity index (χ1) is 11.6. The summed E-state index contributed by atoms with van der Waals surface area (Å²) in [5.41, 5.74) is -0.139. The molecule has 0 aliphatic heterocycles. The fourth-order valence-corrected chi connectivity index (χ4v) is 3.05. The highest BCUT2D eigenvalue weighted by Gasteiger charge is 2.26. The summed E-state index contributed by atoms with van der Waals surface area (Å²) in [5, 5.41) is 17.0. The van der Waals surface area contributed by atoms with Gasteiger partial charge in [0.05, 0.1) is 15.7 Å². The maximum absolute atomic E-state index is 12.1. The number of rotatable bonds is 8. The number of nitrogens with one attached hydrogen (secondary N) is 2. The van der Waals surface area contributed by atoms with Crippen LogP contribution in [-0.4, -0.2) is 37.4 Å². The van der Waals surface area contributed by atoms with Gasteiger partial charge in [-0.2, -0.15) is 4.98 Å². The largest absolute Gasteiger partial charge is 0.361 e. The molecule has 0 radical (unpaired) electrons. The second kappa shape index (κ2) is 7.35. The van der Waals surface area contributed by atoms with Crippen molar-refractivity contribution in [3.8, 4) is 0 Å². The van der Waals surface area contributed by atoms with Crippen LogP contribution >= 0.6 is 0 Å². The molecule has 9 heteroatoms. The van der Waals surface area contributed by atoms with Crippen LogP contribution in [-0.2, 0) is 10.8 Å². The molecule has 1 aliphatic carbocycles. The van der Waals surface area contributed by atoms with E-state index in [9.17, 15) is 14.3 Å². The lowest BCUT2D eigenvalue weighted by Gasteiger charge is -2.08. The van der Waals surface area contributed by atoms with Crippen LogP contribution in [0.2, 0.25) is 0 Å². The average Bonchev–Trinajstić information content (AvgIpc) is 3.39. The topological polar surface area (TPSA) is 110 Å². The van der Waals surface area contributed by atoms with Crippen molar-refractivity contribution in [2.24, 2.45) is 0 Å². The highest BCUT2D eigenvalue weighted by Crippen LogP contribution is 2.29. The quantitative estimate of drug-likeness (QED) is 0.556. The van der Waals surface area contributed by atoms with Crippen LogP contribution in [0.15, 0.2) is 41.4 Å². The summed E-state index contributed by atoms with van der Waals surface area (Å²) in [4.78, 5) is 19.4. The molecule has 2 aromatic rings. The molecule has 8 nitrogen and oxygen atoms in total. The van der Waals surface area contributed by atoms with Gasteiger partial charge < -0.3 is 10.6 Å². The lowest BCUT2D eigenvalue weighted by Crippen LogP contribution is -2.14. The second-order valence-corrected chi connectivity index (χ2v) is 6.96. The Hall–Kier alpha value is -2.55. The minimum absolute atomic E-state index is 0.139. The number of nitrogens with zero attached hydrogens (tertiary/aromatic N) is 3. The van der Waals surface area contributed by atoms with Crippen LogP contribution in [0.5, 0.6) is 0 Å². The van der Waals surface area contributed by atoms with E-state index in [2.05, 4.69) is 20.6 Å². The van der Waals surface area contributed by atoms with E-state index in [0.29, 0.717) is 12.3 Å². The fourth-order valence-electron chi connectivity index (χ4n) is 2.07. The molecule has 3 rings (SSSR count). The molecule has 1 heterocycles. The molecule has 0 amide bonds. The molecule has 0 saturated heterocycles. The van der Waals surface area contributed by atoms with Crippen LogP contribution in [0.3, 0.4) is 0 Å². The van der Waals surface area contributed by atoms with Gasteiger partial charge in [0.15, 0.2) is 0 Å². The summed E-state index contributed by atoms with van der Waals surface area (Å²) in [6.45, 7) is 0.405. The summed E-state index contributed by atoms with van der Waals surface area (Å²) in [5.74, 6) is 0.911. The molecule has 126 valence electrons. The van der Waals surface area contributed by atoms with Crippen LogP contribution in [0.25, 0.3) is 0 Å². The van der Waals surface area contributed by atoms with E-state index in [1.54, 1.807) is 0 Å². The third kappa shape index (κ3) is 4.25. The standard InChI is InChI=1S/C15H17N5O3S/c21-20(22)13-10-17-15(19-14(13)18-11-6-7-11)16-8-9-24(23)12-4-2-1-3-5-12/h1-5,10-11H,6-9H2,(H2,16,17,18,19)/t24-/m0/s1. The minimum atomic E-state index is -1.12. The summed E-state index contributed by atoms with van der Waals surface area (Å²) >= 11 is 0. The first-order valence-corrected chi connectivity index (χ1v) is 8.90. The zero-order valence-electron chi connectivity index (χ0n) is 12.8. The number of hydrogen-bond donors (Lipinski definition) is 2. The molecule has 1 fully saturated rings. The number of benzene rings is 1. The van der Waals surface area contributed by atoms with Crippen LogP contribution in [0, 0.1) is 10.1 Å². The van der Waals surface area contributed by atoms with E-state index in [1.165, 1.54) is 6.20 Å². The molecule has 0 spiro atoms. The third-order valence-corrected chi connectivity index (χ3v) is 4.83. The summed E-state index contributed by atoms with van der Waals surface area (Å²) in [6, 6.07) is 9.44. The summed E-state index contributed by atoms with van der Waals surface area (Å²) < 4.78 is 12.1. The van der Waals surface area contributed by atoms with E-state index < -0.39 is 15.7 Å². The Balaban J connectivity index is 1.60. The normalized spacial score (nSPS) is 14.8. The molecule has 2 N–H and O–H groups in total. The predicted molar refractivity (Wildman–Crippen MR) is 91.5 cm³/mol. The monoisotopic (exact) mass is 347 g/mol. The second-order valence-electron chi connectivity index (χ2n) is 5.39. The van der Waals surface area contributed by atoms with Crippen LogP contribution in [0.1, 0.15) is 12.8 Å². The Kier molecular flexibility index (Phi) is 4.99. The van der Waals surface area contributed by atoms with Gasteiger partial charge in [0.2, 0.25) is 11.8 Å². The molecule has 1 aliphatic rings. The van der Waals surface area contributed by atoms with E-state index in [4.69, 9.17) is 0 Å². The van der Waals surface area contributed by atoms with Gasteiger partial charge in [-0.05, 0) is 25.0 Å². The maximum atomic E-state index is 12.1. The van der Waals surface area contributed by atoms with E-state index in [-0.39, 0.29) is 23.5 Å². The van der Waals surface area contributed by atoms with Gasteiger partial charge in [0.25, 0.3) is 0 Å².